The highest BCUT2D eigenvalue weighted by atomic mass is 79.9. The largest absolute Gasteiger partial charge is 0.0834 e. The van der Waals surface area contributed by atoms with Crippen LogP contribution in [0.1, 0.15) is 17.5 Å². The van der Waals surface area contributed by atoms with Gasteiger partial charge in [0.25, 0.3) is 0 Å². The minimum atomic E-state index is 0.315. The van der Waals surface area contributed by atoms with Crippen LogP contribution in [-0.2, 0) is 12.8 Å². The van der Waals surface area contributed by atoms with Crippen molar-refractivity contribution in [3.63, 3.8) is 0 Å². The van der Waals surface area contributed by atoms with Crippen LogP contribution in [0.5, 0.6) is 0 Å². The molecule has 0 spiro atoms. The first-order chi connectivity index (χ1) is 8.10. The maximum Gasteiger partial charge on any atom is 0.0468 e. The molecular formula is C15H12Br2. The van der Waals surface area contributed by atoms with E-state index in [2.05, 4.69) is 68.3 Å². The molecule has 2 aliphatic rings. The van der Waals surface area contributed by atoms with Crippen LogP contribution in [0, 0.1) is 0 Å². The van der Waals surface area contributed by atoms with Gasteiger partial charge < -0.3 is 0 Å². The van der Waals surface area contributed by atoms with Gasteiger partial charge in [0.15, 0.2) is 0 Å². The van der Waals surface area contributed by atoms with E-state index >= 15 is 0 Å². The van der Waals surface area contributed by atoms with Gasteiger partial charge in [0.2, 0.25) is 0 Å². The van der Waals surface area contributed by atoms with Crippen LogP contribution in [0.2, 0.25) is 0 Å². The topological polar surface area (TPSA) is 0 Å². The number of fused-ring (bicyclic) bond motifs is 3. The van der Waals surface area contributed by atoms with E-state index in [1.165, 1.54) is 28.3 Å². The highest BCUT2D eigenvalue weighted by Gasteiger charge is 2.66. The second-order valence-corrected chi connectivity index (χ2v) is 8.46. The first-order valence-electron chi connectivity index (χ1n) is 5.98. The molecule has 2 heteroatoms. The molecule has 2 aromatic rings. The quantitative estimate of drug-likeness (QED) is 0.608. The van der Waals surface area contributed by atoms with Gasteiger partial charge in [-0.25, -0.2) is 0 Å². The number of benzene rings is 2. The van der Waals surface area contributed by atoms with Gasteiger partial charge in [-0.1, -0.05) is 68.3 Å². The predicted molar refractivity (Wildman–Crippen MR) is 79.3 cm³/mol. The summed E-state index contributed by atoms with van der Waals surface area (Å²) in [5.74, 6) is 0. The summed E-state index contributed by atoms with van der Waals surface area (Å²) in [6, 6.07) is 13.4. The van der Waals surface area contributed by atoms with E-state index < -0.39 is 0 Å². The summed E-state index contributed by atoms with van der Waals surface area (Å²) in [5, 5.41) is 2.73. The molecule has 0 N–H and O–H groups in total. The van der Waals surface area contributed by atoms with Crippen LogP contribution in [0.15, 0.2) is 36.4 Å². The average Bonchev–Trinajstić information content (AvgIpc) is 2.83. The van der Waals surface area contributed by atoms with Gasteiger partial charge in [0.05, 0.1) is 0 Å². The first-order valence-corrected chi connectivity index (χ1v) is 7.57. The normalized spacial score (nSPS) is 34.2. The zero-order valence-corrected chi connectivity index (χ0v) is 12.5. The molecule has 0 aliphatic heterocycles. The van der Waals surface area contributed by atoms with Gasteiger partial charge in [0.1, 0.15) is 0 Å². The van der Waals surface area contributed by atoms with E-state index in [1.54, 1.807) is 0 Å². The minimum Gasteiger partial charge on any atom is -0.0834 e. The Labute approximate surface area is 118 Å². The standard InChI is InChI=1S/C15H12Br2/c16-14-7-12-5-10-3-1-2-4-11(10)6-13(12)8-15(14,17)9-14/h1-6H,7-9H2. The maximum absolute atomic E-state index is 3.91. The Morgan fingerprint density at radius 1 is 0.824 bits per heavy atom. The molecule has 0 bridgehead atoms. The molecular weight excluding hydrogens is 340 g/mol. The van der Waals surface area contributed by atoms with Gasteiger partial charge in [-0.3, -0.25) is 0 Å². The molecule has 1 saturated carbocycles. The predicted octanol–water partition coefficient (Wildman–Crippen LogP) is 4.61. The van der Waals surface area contributed by atoms with Crippen molar-refractivity contribution < 1.29 is 0 Å². The molecule has 1 fully saturated rings. The van der Waals surface area contributed by atoms with Crippen molar-refractivity contribution in [2.45, 2.75) is 27.9 Å². The number of hydrogen-bond donors (Lipinski definition) is 0. The van der Waals surface area contributed by atoms with Crippen molar-refractivity contribution in [1.29, 1.82) is 0 Å². The molecule has 86 valence electrons. The Kier molecular flexibility index (Phi) is 1.96. The molecule has 0 radical (unpaired) electrons. The molecule has 0 aromatic heterocycles. The smallest absolute Gasteiger partial charge is 0.0468 e. The molecule has 2 aromatic carbocycles. The summed E-state index contributed by atoms with van der Waals surface area (Å²) >= 11 is 7.82. The van der Waals surface area contributed by atoms with E-state index in [1.807, 2.05) is 0 Å². The number of rotatable bonds is 0. The molecule has 2 atom stereocenters. The second-order valence-electron chi connectivity index (χ2n) is 5.43. The molecule has 0 nitrogen and oxygen atoms in total. The lowest BCUT2D eigenvalue weighted by atomic mass is 9.89. The lowest BCUT2D eigenvalue weighted by Crippen LogP contribution is -2.25. The summed E-state index contributed by atoms with van der Waals surface area (Å²) in [5.41, 5.74) is 3.04. The molecule has 0 amide bonds. The molecule has 2 unspecified atom stereocenters. The van der Waals surface area contributed by atoms with Gasteiger partial charge in [-0.05, 0) is 41.2 Å². The fourth-order valence-electron chi connectivity index (χ4n) is 3.11. The van der Waals surface area contributed by atoms with Crippen molar-refractivity contribution in [2.75, 3.05) is 0 Å². The van der Waals surface area contributed by atoms with E-state index in [0.717, 1.165) is 12.8 Å². The summed E-state index contributed by atoms with van der Waals surface area (Å²) < 4.78 is 0.630. The Hall–Kier alpha value is -0.340. The molecule has 17 heavy (non-hydrogen) atoms. The number of halogens is 2. The van der Waals surface area contributed by atoms with E-state index in [-0.39, 0.29) is 0 Å². The average molecular weight is 352 g/mol. The summed E-state index contributed by atoms with van der Waals surface area (Å²) in [6.45, 7) is 0. The van der Waals surface area contributed by atoms with Crippen molar-refractivity contribution in [2.24, 2.45) is 0 Å². The molecule has 0 heterocycles. The number of alkyl halides is 2. The van der Waals surface area contributed by atoms with Crippen molar-refractivity contribution in [3.05, 3.63) is 47.5 Å². The highest BCUT2D eigenvalue weighted by Crippen LogP contribution is 2.66. The maximum atomic E-state index is 3.91. The second kappa shape index (κ2) is 3.16. The zero-order valence-electron chi connectivity index (χ0n) is 9.34. The van der Waals surface area contributed by atoms with Crippen LogP contribution >= 0.6 is 31.9 Å². The van der Waals surface area contributed by atoms with Crippen molar-refractivity contribution in [3.8, 4) is 0 Å². The Morgan fingerprint density at radius 2 is 1.29 bits per heavy atom. The third kappa shape index (κ3) is 1.40. The van der Waals surface area contributed by atoms with Crippen molar-refractivity contribution in [1.82, 2.24) is 0 Å². The monoisotopic (exact) mass is 350 g/mol. The van der Waals surface area contributed by atoms with Gasteiger partial charge in [-0.2, -0.15) is 0 Å². The van der Waals surface area contributed by atoms with Crippen LogP contribution in [0.4, 0.5) is 0 Å². The lowest BCUT2D eigenvalue weighted by Gasteiger charge is -2.25. The summed E-state index contributed by atoms with van der Waals surface area (Å²) in [6.07, 6.45) is 3.54. The highest BCUT2D eigenvalue weighted by molar-refractivity contribution is 9.13. The van der Waals surface area contributed by atoms with Crippen LogP contribution in [0.25, 0.3) is 10.8 Å². The fourth-order valence-corrected chi connectivity index (χ4v) is 5.33. The number of hydrogen-bond acceptors (Lipinski definition) is 0. The summed E-state index contributed by atoms with van der Waals surface area (Å²) in [4.78, 5) is 0. The minimum absolute atomic E-state index is 0.315. The van der Waals surface area contributed by atoms with E-state index in [0.29, 0.717) is 8.65 Å². The Bertz CT molecular complexity index is 579. The lowest BCUT2D eigenvalue weighted by molar-refractivity contribution is 0.740. The Morgan fingerprint density at radius 3 is 1.76 bits per heavy atom. The van der Waals surface area contributed by atoms with Gasteiger partial charge >= 0.3 is 0 Å². The van der Waals surface area contributed by atoms with Crippen molar-refractivity contribution >= 4 is 42.6 Å². The third-order valence-electron chi connectivity index (χ3n) is 4.25. The van der Waals surface area contributed by atoms with Crippen LogP contribution in [-0.4, -0.2) is 8.65 Å². The van der Waals surface area contributed by atoms with E-state index in [4.69, 9.17) is 0 Å². The molecule has 0 saturated heterocycles. The zero-order chi connectivity index (χ0) is 11.7. The SMILES string of the molecule is BrC12Cc3cc4ccccc4cc3CC1(Br)C2. The first kappa shape index (κ1) is 10.6. The molecule has 2 aliphatic carbocycles. The summed E-state index contributed by atoms with van der Waals surface area (Å²) in [7, 11) is 0. The fraction of sp³-hybridized carbons (Fsp3) is 0.333. The van der Waals surface area contributed by atoms with Gasteiger partial charge in [0, 0.05) is 8.65 Å². The van der Waals surface area contributed by atoms with Gasteiger partial charge in [-0.15, -0.1) is 0 Å². The van der Waals surface area contributed by atoms with Crippen LogP contribution in [0.3, 0.4) is 0 Å². The molecule has 4 rings (SSSR count). The van der Waals surface area contributed by atoms with E-state index in [9.17, 15) is 0 Å². The third-order valence-corrected chi connectivity index (χ3v) is 7.42. The Balaban J connectivity index is 1.93. The van der Waals surface area contributed by atoms with Crippen LogP contribution < -0.4 is 0 Å².